The fraction of sp³-hybridized carbons (Fsp3) is 0.471. The standard InChI is InChI=1S/C17H22N2O2/c1-10-6-7-11(2)15-14(10)12(3)16(21-15)17(20)19-8-4-5-13(19)9-18/h6-7,13H,4-5,8-9,18H2,1-3H3. The summed E-state index contributed by atoms with van der Waals surface area (Å²) in [5, 5.41) is 1.07. The second-order valence-corrected chi connectivity index (χ2v) is 5.99. The van der Waals surface area contributed by atoms with E-state index >= 15 is 0 Å². The zero-order chi connectivity index (χ0) is 15.1. The maximum Gasteiger partial charge on any atom is 0.290 e. The zero-order valence-electron chi connectivity index (χ0n) is 12.9. The Morgan fingerprint density at radius 3 is 2.71 bits per heavy atom. The first-order chi connectivity index (χ1) is 10.0. The third-order valence-electron chi connectivity index (χ3n) is 4.59. The van der Waals surface area contributed by atoms with E-state index in [1.54, 1.807) is 0 Å². The van der Waals surface area contributed by atoms with Crippen LogP contribution in [0.5, 0.6) is 0 Å². The molecular formula is C17H22N2O2. The van der Waals surface area contributed by atoms with Crippen LogP contribution in [0.4, 0.5) is 0 Å². The average molecular weight is 286 g/mol. The predicted octanol–water partition coefficient (Wildman–Crippen LogP) is 2.92. The summed E-state index contributed by atoms with van der Waals surface area (Å²) in [5.74, 6) is 0.457. The van der Waals surface area contributed by atoms with Gasteiger partial charge in [-0.15, -0.1) is 0 Å². The third kappa shape index (κ3) is 2.14. The summed E-state index contributed by atoms with van der Waals surface area (Å²) in [6.45, 7) is 7.33. The van der Waals surface area contributed by atoms with Crippen molar-refractivity contribution in [3.63, 3.8) is 0 Å². The maximum atomic E-state index is 12.8. The normalized spacial score (nSPS) is 18.7. The molecule has 1 aliphatic heterocycles. The first-order valence-electron chi connectivity index (χ1n) is 7.55. The fourth-order valence-corrected chi connectivity index (χ4v) is 3.36. The predicted molar refractivity (Wildman–Crippen MR) is 83.5 cm³/mol. The number of aryl methyl sites for hydroxylation is 3. The summed E-state index contributed by atoms with van der Waals surface area (Å²) in [4.78, 5) is 14.7. The van der Waals surface area contributed by atoms with Crippen molar-refractivity contribution in [3.05, 3.63) is 34.6 Å². The molecule has 112 valence electrons. The molecule has 2 N–H and O–H groups in total. The van der Waals surface area contributed by atoms with Crippen LogP contribution in [0.1, 0.15) is 40.1 Å². The Balaban J connectivity index is 2.09. The fourth-order valence-electron chi connectivity index (χ4n) is 3.36. The molecule has 0 aliphatic carbocycles. The van der Waals surface area contributed by atoms with Crippen molar-refractivity contribution < 1.29 is 9.21 Å². The van der Waals surface area contributed by atoms with E-state index in [4.69, 9.17) is 10.2 Å². The highest BCUT2D eigenvalue weighted by Crippen LogP contribution is 2.32. The van der Waals surface area contributed by atoms with Gasteiger partial charge in [-0.25, -0.2) is 0 Å². The molecule has 2 aromatic rings. The Kier molecular flexibility index (Phi) is 3.49. The highest BCUT2D eigenvalue weighted by Gasteiger charge is 2.32. The van der Waals surface area contributed by atoms with Crippen LogP contribution in [-0.2, 0) is 0 Å². The average Bonchev–Trinajstić information content (AvgIpc) is 3.07. The number of hydrogen-bond acceptors (Lipinski definition) is 3. The van der Waals surface area contributed by atoms with Gasteiger partial charge in [-0.1, -0.05) is 12.1 Å². The van der Waals surface area contributed by atoms with Gasteiger partial charge in [0.1, 0.15) is 5.58 Å². The molecule has 0 bridgehead atoms. The monoisotopic (exact) mass is 286 g/mol. The van der Waals surface area contributed by atoms with E-state index < -0.39 is 0 Å². The SMILES string of the molecule is Cc1ccc(C)c2c(C)c(C(=O)N3CCCC3CN)oc12. The Bertz CT molecular complexity index is 702. The Morgan fingerprint density at radius 2 is 2.05 bits per heavy atom. The van der Waals surface area contributed by atoms with E-state index in [2.05, 4.69) is 13.0 Å². The number of hydrogen-bond donors (Lipinski definition) is 1. The van der Waals surface area contributed by atoms with E-state index in [0.29, 0.717) is 12.3 Å². The summed E-state index contributed by atoms with van der Waals surface area (Å²) >= 11 is 0. The lowest BCUT2D eigenvalue weighted by atomic mass is 10.0. The molecule has 3 rings (SSSR count). The maximum absolute atomic E-state index is 12.8. The molecule has 1 amide bonds. The molecule has 1 unspecified atom stereocenters. The second-order valence-electron chi connectivity index (χ2n) is 5.99. The number of furan rings is 1. The number of nitrogens with two attached hydrogens (primary N) is 1. The molecule has 0 radical (unpaired) electrons. The van der Waals surface area contributed by atoms with Crippen molar-refractivity contribution in [2.75, 3.05) is 13.1 Å². The van der Waals surface area contributed by atoms with Crippen LogP contribution in [-0.4, -0.2) is 29.9 Å². The van der Waals surface area contributed by atoms with Crippen molar-refractivity contribution in [1.82, 2.24) is 4.90 Å². The van der Waals surface area contributed by atoms with Gasteiger partial charge in [0.15, 0.2) is 5.76 Å². The van der Waals surface area contributed by atoms with Gasteiger partial charge in [0.25, 0.3) is 5.91 Å². The highest BCUT2D eigenvalue weighted by molar-refractivity contribution is 6.00. The van der Waals surface area contributed by atoms with E-state index in [1.807, 2.05) is 24.8 Å². The number of benzene rings is 1. The van der Waals surface area contributed by atoms with Crippen molar-refractivity contribution in [2.24, 2.45) is 5.73 Å². The zero-order valence-corrected chi connectivity index (χ0v) is 12.9. The number of fused-ring (bicyclic) bond motifs is 1. The summed E-state index contributed by atoms with van der Waals surface area (Å²) in [6.07, 6.45) is 2.00. The molecule has 2 heterocycles. The minimum absolute atomic E-state index is 0.0181. The van der Waals surface area contributed by atoms with Crippen LogP contribution >= 0.6 is 0 Å². The topological polar surface area (TPSA) is 59.5 Å². The summed E-state index contributed by atoms with van der Waals surface area (Å²) in [5.41, 5.74) is 9.76. The van der Waals surface area contributed by atoms with Gasteiger partial charge < -0.3 is 15.1 Å². The van der Waals surface area contributed by atoms with Crippen LogP contribution in [0, 0.1) is 20.8 Å². The number of rotatable bonds is 2. The van der Waals surface area contributed by atoms with Gasteiger partial charge in [0.05, 0.1) is 0 Å². The number of carbonyl (C=O) groups excluding carboxylic acids is 1. The highest BCUT2D eigenvalue weighted by atomic mass is 16.3. The molecule has 4 nitrogen and oxygen atoms in total. The molecule has 21 heavy (non-hydrogen) atoms. The lowest BCUT2D eigenvalue weighted by Crippen LogP contribution is -2.40. The largest absolute Gasteiger partial charge is 0.450 e. The summed E-state index contributed by atoms with van der Waals surface area (Å²) < 4.78 is 5.95. The van der Waals surface area contributed by atoms with E-state index in [1.165, 1.54) is 0 Å². The molecule has 0 spiro atoms. The Labute approximate surface area is 124 Å². The molecule has 1 aromatic carbocycles. The molecule has 1 aromatic heterocycles. The molecule has 1 atom stereocenters. The van der Waals surface area contributed by atoms with Crippen LogP contribution in [0.3, 0.4) is 0 Å². The molecular weight excluding hydrogens is 264 g/mol. The third-order valence-corrected chi connectivity index (χ3v) is 4.59. The Morgan fingerprint density at radius 1 is 1.33 bits per heavy atom. The van der Waals surface area contributed by atoms with Gasteiger partial charge in [0.2, 0.25) is 0 Å². The van der Waals surface area contributed by atoms with Gasteiger partial charge >= 0.3 is 0 Å². The van der Waals surface area contributed by atoms with E-state index in [-0.39, 0.29) is 11.9 Å². The van der Waals surface area contributed by atoms with Crippen molar-refractivity contribution in [1.29, 1.82) is 0 Å². The van der Waals surface area contributed by atoms with Crippen LogP contribution in [0.15, 0.2) is 16.5 Å². The summed E-state index contributed by atoms with van der Waals surface area (Å²) in [7, 11) is 0. The minimum Gasteiger partial charge on any atom is -0.450 e. The van der Waals surface area contributed by atoms with Gasteiger partial charge in [-0.2, -0.15) is 0 Å². The van der Waals surface area contributed by atoms with Crippen LogP contribution in [0.2, 0.25) is 0 Å². The molecule has 1 fully saturated rings. The number of likely N-dealkylation sites (tertiary alicyclic amines) is 1. The molecule has 4 heteroatoms. The van der Waals surface area contributed by atoms with Crippen molar-refractivity contribution in [2.45, 2.75) is 39.7 Å². The number of carbonyl (C=O) groups is 1. The van der Waals surface area contributed by atoms with Crippen molar-refractivity contribution in [3.8, 4) is 0 Å². The first-order valence-corrected chi connectivity index (χ1v) is 7.55. The Hall–Kier alpha value is -1.81. The van der Waals surface area contributed by atoms with Gasteiger partial charge in [-0.05, 0) is 44.7 Å². The van der Waals surface area contributed by atoms with Crippen molar-refractivity contribution >= 4 is 16.9 Å². The first kappa shape index (κ1) is 14.1. The molecule has 0 saturated carbocycles. The molecule has 1 aliphatic rings. The minimum atomic E-state index is -0.0181. The molecule has 1 saturated heterocycles. The van der Waals surface area contributed by atoms with Gasteiger partial charge in [0, 0.05) is 30.1 Å². The van der Waals surface area contributed by atoms with Crippen LogP contribution in [0.25, 0.3) is 11.0 Å². The second kappa shape index (κ2) is 5.19. The lowest BCUT2D eigenvalue weighted by Gasteiger charge is -2.22. The quantitative estimate of drug-likeness (QED) is 0.923. The van der Waals surface area contributed by atoms with Gasteiger partial charge in [-0.3, -0.25) is 4.79 Å². The van der Waals surface area contributed by atoms with E-state index in [0.717, 1.165) is 47.0 Å². The lowest BCUT2D eigenvalue weighted by molar-refractivity contribution is 0.0710. The number of amides is 1. The summed E-state index contributed by atoms with van der Waals surface area (Å²) in [6, 6.07) is 4.26. The van der Waals surface area contributed by atoms with E-state index in [9.17, 15) is 4.79 Å². The van der Waals surface area contributed by atoms with Crippen LogP contribution < -0.4 is 5.73 Å². The number of nitrogens with zero attached hydrogens (tertiary/aromatic N) is 1. The smallest absolute Gasteiger partial charge is 0.290 e.